The third kappa shape index (κ3) is 4.99. The summed E-state index contributed by atoms with van der Waals surface area (Å²) in [6, 6.07) is 8.20. The van der Waals surface area contributed by atoms with Crippen molar-refractivity contribution in [3.8, 4) is 0 Å². The van der Waals surface area contributed by atoms with Gasteiger partial charge in [-0.1, -0.05) is 24.3 Å². The van der Waals surface area contributed by atoms with E-state index in [2.05, 4.69) is 21.8 Å². The maximum absolute atomic E-state index is 11.0. The van der Waals surface area contributed by atoms with E-state index in [9.17, 15) is 4.79 Å². The maximum atomic E-state index is 11.0. The van der Waals surface area contributed by atoms with Crippen molar-refractivity contribution in [3.63, 3.8) is 0 Å². The predicted octanol–water partition coefficient (Wildman–Crippen LogP) is 2.08. The molecule has 1 saturated heterocycles. The topological polar surface area (TPSA) is 49.8 Å². The highest BCUT2D eigenvalue weighted by Crippen LogP contribution is 2.18. The Morgan fingerprint density at radius 3 is 2.57 bits per heavy atom. The number of piperidine rings is 1. The van der Waals surface area contributed by atoms with Gasteiger partial charge in [-0.2, -0.15) is 0 Å². The number of hydrogen-bond donors (Lipinski definition) is 1. The molecule has 4 heteroatoms. The minimum atomic E-state index is -0.342. The lowest BCUT2D eigenvalue weighted by molar-refractivity contribution is -0.134. The fraction of sp³-hybridized carbons (Fsp3) is 0.471. The van der Waals surface area contributed by atoms with Gasteiger partial charge in [-0.15, -0.1) is 0 Å². The van der Waals surface area contributed by atoms with E-state index in [1.54, 1.807) is 6.08 Å². The number of aliphatic hydroxyl groups excluding tert-OH is 1. The first-order chi connectivity index (χ1) is 10.2. The van der Waals surface area contributed by atoms with Gasteiger partial charge in [0.15, 0.2) is 0 Å². The van der Waals surface area contributed by atoms with Crippen molar-refractivity contribution in [2.45, 2.75) is 19.4 Å². The van der Waals surface area contributed by atoms with Crippen LogP contribution in [0, 0.1) is 5.92 Å². The standard InChI is InChI=1S/C17H23NO3/c1-21-17(20)7-6-14-2-4-15(5-3-14)12-18-10-8-16(13-19)9-11-18/h2-7,16,19H,8-13H2,1H3/b7-6+. The summed E-state index contributed by atoms with van der Waals surface area (Å²) < 4.78 is 4.56. The lowest BCUT2D eigenvalue weighted by Gasteiger charge is -2.31. The Kier molecular flexibility index (Phi) is 5.96. The van der Waals surface area contributed by atoms with E-state index in [0.717, 1.165) is 38.0 Å². The molecule has 1 N–H and O–H groups in total. The molecule has 4 nitrogen and oxygen atoms in total. The van der Waals surface area contributed by atoms with Crippen molar-refractivity contribution in [3.05, 3.63) is 41.5 Å². The van der Waals surface area contributed by atoms with E-state index in [1.165, 1.54) is 18.7 Å². The molecule has 0 aromatic heterocycles. The summed E-state index contributed by atoms with van der Waals surface area (Å²) >= 11 is 0. The molecule has 1 heterocycles. The van der Waals surface area contributed by atoms with Gasteiger partial charge < -0.3 is 9.84 Å². The Bertz CT molecular complexity index is 473. The number of benzene rings is 1. The van der Waals surface area contributed by atoms with Gasteiger partial charge in [0.25, 0.3) is 0 Å². The number of likely N-dealkylation sites (tertiary alicyclic amines) is 1. The molecule has 0 radical (unpaired) electrons. The molecule has 0 unspecified atom stereocenters. The normalized spacial score (nSPS) is 17.2. The zero-order chi connectivity index (χ0) is 15.1. The van der Waals surface area contributed by atoms with Crippen LogP contribution in [-0.2, 0) is 16.1 Å². The summed E-state index contributed by atoms with van der Waals surface area (Å²) in [4.78, 5) is 13.5. The van der Waals surface area contributed by atoms with E-state index < -0.39 is 0 Å². The van der Waals surface area contributed by atoms with Gasteiger partial charge in [-0.05, 0) is 49.1 Å². The van der Waals surface area contributed by atoms with Crippen LogP contribution >= 0.6 is 0 Å². The van der Waals surface area contributed by atoms with E-state index in [-0.39, 0.29) is 5.97 Å². The van der Waals surface area contributed by atoms with Crippen LogP contribution < -0.4 is 0 Å². The van der Waals surface area contributed by atoms with Gasteiger partial charge in [0, 0.05) is 19.2 Å². The number of esters is 1. The van der Waals surface area contributed by atoms with Crippen molar-refractivity contribution in [2.75, 3.05) is 26.8 Å². The monoisotopic (exact) mass is 289 g/mol. The van der Waals surface area contributed by atoms with Crippen LogP contribution in [0.5, 0.6) is 0 Å². The number of rotatable bonds is 5. The Balaban J connectivity index is 1.85. The number of aliphatic hydroxyl groups is 1. The second kappa shape index (κ2) is 7.96. The fourth-order valence-corrected chi connectivity index (χ4v) is 2.55. The van der Waals surface area contributed by atoms with Crippen LogP contribution in [-0.4, -0.2) is 42.8 Å². The molecule has 1 aromatic carbocycles. The SMILES string of the molecule is COC(=O)/C=C/c1ccc(CN2CCC(CO)CC2)cc1. The average Bonchev–Trinajstić information content (AvgIpc) is 2.54. The second-order valence-electron chi connectivity index (χ2n) is 5.50. The number of carbonyl (C=O) groups excluding carboxylic acids is 1. The first-order valence-corrected chi connectivity index (χ1v) is 7.39. The summed E-state index contributed by atoms with van der Waals surface area (Å²) in [6.07, 6.45) is 5.34. The summed E-state index contributed by atoms with van der Waals surface area (Å²) in [5.41, 5.74) is 2.26. The smallest absolute Gasteiger partial charge is 0.330 e. The molecule has 21 heavy (non-hydrogen) atoms. The number of carbonyl (C=O) groups is 1. The van der Waals surface area contributed by atoms with Crippen molar-refractivity contribution in [2.24, 2.45) is 5.92 Å². The highest BCUT2D eigenvalue weighted by molar-refractivity contribution is 5.86. The highest BCUT2D eigenvalue weighted by atomic mass is 16.5. The van der Waals surface area contributed by atoms with Gasteiger partial charge in [0.05, 0.1) is 7.11 Å². The quantitative estimate of drug-likeness (QED) is 0.666. The highest BCUT2D eigenvalue weighted by Gasteiger charge is 2.18. The molecule has 1 aliphatic heterocycles. The van der Waals surface area contributed by atoms with E-state index >= 15 is 0 Å². The molecule has 0 aliphatic carbocycles. The largest absolute Gasteiger partial charge is 0.466 e. The molecule has 0 bridgehead atoms. The first-order valence-electron chi connectivity index (χ1n) is 7.39. The molecule has 0 amide bonds. The summed E-state index contributed by atoms with van der Waals surface area (Å²) in [5, 5.41) is 9.15. The van der Waals surface area contributed by atoms with Crippen LogP contribution in [0.1, 0.15) is 24.0 Å². The third-order valence-corrected chi connectivity index (χ3v) is 3.96. The van der Waals surface area contributed by atoms with Crippen LogP contribution in [0.4, 0.5) is 0 Å². The Morgan fingerprint density at radius 2 is 2.00 bits per heavy atom. The average molecular weight is 289 g/mol. The zero-order valence-corrected chi connectivity index (χ0v) is 12.5. The Labute approximate surface area is 126 Å². The third-order valence-electron chi connectivity index (χ3n) is 3.96. The number of nitrogens with zero attached hydrogens (tertiary/aromatic N) is 1. The van der Waals surface area contributed by atoms with Crippen LogP contribution in [0.15, 0.2) is 30.3 Å². The van der Waals surface area contributed by atoms with Crippen LogP contribution in [0.3, 0.4) is 0 Å². The molecule has 1 aliphatic rings. The first kappa shape index (κ1) is 15.7. The van der Waals surface area contributed by atoms with E-state index in [0.29, 0.717) is 12.5 Å². The molecular formula is C17H23NO3. The fourth-order valence-electron chi connectivity index (χ4n) is 2.55. The number of methoxy groups -OCH3 is 1. The minimum absolute atomic E-state index is 0.315. The molecule has 1 fully saturated rings. The van der Waals surface area contributed by atoms with E-state index in [4.69, 9.17) is 5.11 Å². The molecule has 2 rings (SSSR count). The predicted molar refractivity (Wildman–Crippen MR) is 82.6 cm³/mol. The van der Waals surface area contributed by atoms with Crippen molar-refractivity contribution in [1.82, 2.24) is 4.90 Å². The molecule has 114 valence electrons. The Hall–Kier alpha value is -1.65. The molecule has 1 aromatic rings. The van der Waals surface area contributed by atoms with Crippen molar-refractivity contribution >= 4 is 12.0 Å². The Morgan fingerprint density at radius 1 is 1.33 bits per heavy atom. The van der Waals surface area contributed by atoms with Gasteiger partial charge >= 0.3 is 5.97 Å². The van der Waals surface area contributed by atoms with Gasteiger partial charge in [0.1, 0.15) is 0 Å². The molecule has 0 spiro atoms. The maximum Gasteiger partial charge on any atom is 0.330 e. The second-order valence-corrected chi connectivity index (χ2v) is 5.50. The van der Waals surface area contributed by atoms with E-state index in [1.807, 2.05) is 12.1 Å². The number of hydrogen-bond acceptors (Lipinski definition) is 4. The van der Waals surface area contributed by atoms with Crippen LogP contribution in [0.25, 0.3) is 6.08 Å². The summed E-state index contributed by atoms with van der Waals surface area (Å²) in [7, 11) is 1.37. The molecular weight excluding hydrogens is 266 g/mol. The van der Waals surface area contributed by atoms with Crippen molar-refractivity contribution < 1.29 is 14.6 Å². The minimum Gasteiger partial charge on any atom is -0.466 e. The molecule has 0 atom stereocenters. The van der Waals surface area contributed by atoms with Gasteiger partial charge in [0.2, 0.25) is 0 Å². The number of ether oxygens (including phenoxy) is 1. The summed E-state index contributed by atoms with van der Waals surface area (Å²) in [5.74, 6) is 0.137. The van der Waals surface area contributed by atoms with Crippen LogP contribution in [0.2, 0.25) is 0 Å². The molecule has 0 saturated carbocycles. The summed E-state index contributed by atoms with van der Waals surface area (Å²) in [6.45, 7) is 3.36. The lowest BCUT2D eigenvalue weighted by Crippen LogP contribution is -2.34. The van der Waals surface area contributed by atoms with Gasteiger partial charge in [-0.25, -0.2) is 4.79 Å². The zero-order valence-electron chi connectivity index (χ0n) is 12.5. The lowest BCUT2D eigenvalue weighted by atomic mass is 9.97. The van der Waals surface area contributed by atoms with Gasteiger partial charge in [-0.3, -0.25) is 4.90 Å². The van der Waals surface area contributed by atoms with Crippen molar-refractivity contribution in [1.29, 1.82) is 0 Å².